The van der Waals surface area contributed by atoms with Crippen LogP contribution >= 0.6 is 0 Å². The Balaban J connectivity index is 2.43. The summed E-state index contributed by atoms with van der Waals surface area (Å²) in [6, 6.07) is 0.742. The first kappa shape index (κ1) is 13.9. The molecule has 16 heavy (non-hydrogen) atoms. The number of hydrogen-bond donors (Lipinski definition) is 1. The van der Waals surface area contributed by atoms with Gasteiger partial charge in [0.05, 0.1) is 0 Å². The standard InChI is InChI=1S/C13H29N3/c1-6-12-10-16(9-8-15(12)5)11-13(3,4)14-7-2/h12,14H,6-11H2,1-5H3. The SMILES string of the molecule is CCNC(C)(C)CN1CCN(C)C(CC)C1. The van der Waals surface area contributed by atoms with Gasteiger partial charge in [-0.25, -0.2) is 0 Å². The van der Waals surface area contributed by atoms with Crippen LogP contribution in [-0.2, 0) is 0 Å². The van der Waals surface area contributed by atoms with Crippen LogP contribution in [0, 0.1) is 0 Å². The molecule has 0 aromatic carbocycles. The third-order valence-corrected chi connectivity index (χ3v) is 3.61. The van der Waals surface area contributed by atoms with Crippen molar-refractivity contribution in [2.45, 2.75) is 45.7 Å². The first-order valence-electron chi connectivity index (χ1n) is 6.66. The molecule has 1 atom stereocenters. The van der Waals surface area contributed by atoms with E-state index in [1.165, 1.54) is 26.1 Å². The molecule has 0 saturated carbocycles. The summed E-state index contributed by atoms with van der Waals surface area (Å²) < 4.78 is 0. The van der Waals surface area contributed by atoms with E-state index in [1.807, 2.05) is 0 Å². The Labute approximate surface area is 101 Å². The highest BCUT2D eigenvalue weighted by molar-refractivity contribution is 4.86. The second kappa shape index (κ2) is 5.99. The average molecular weight is 227 g/mol. The smallest absolute Gasteiger partial charge is 0.0252 e. The van der Waals surface area contributed by atoms with E-state index in [0.29, 0.717) is 0 Å². The Morgan fingerprint density at radius 1 is 1.25 bits per heavy atom. The van der Waals surface area contributed by atoms with Crippen molar-refractivity contribution in [3.8, 4) is 0 Å². The average Bonchev–Trinajstić information content (AvgIpc) is 2.20. The zero-order valence-electron chi connectivity index (χ0n) is 11.7. The van der Waals surface area contributed by atoms with Crippen molar-refractivity contribution in [1.29, 1.82) is 0 Å². The second-order valence-corrected chi connectivity index (χ2v) is 5.69. The summed E-state index contributed by atoms with van der Waals surface area (Å²) in [6.45, 7) is 14.9. The van der Waals surface area contributed by atoms with E-state index in [-0.39, 0.29) is 5.54 Å². The normalized spacial score (nSPS) is 24.9. The van der Waals surface area contributed by atoms with Gasteiger partial charge in [-0.1, -0.05) is 13.8 Å². The van der Waals surface area contributed by atoms with Crippen LogP contribution in [0.15, 0.2) is 0 Å². The maximum absolute atomic E-state index is 3.56. The molecule has 1 fully saturated rings. The molecule has 0 aromatic rings. The number of nitrogens with zero attached hydrogens (tertiary/aromatic N) is 2. The minimum Gasteiger partial charge on any atom is -0.311 e. The number of rotatable bonds is 5. The fourth-order valence-corrected chi connectivity index (χ4v) is 2.69. The zero-order valence-corrected chi connectivity index (χ0v) is 11.7. The maximum Gasteiger partial charge on any atom is 0.0252 e. The number of hydrogen-bond acceptors (Lipinski definition) is 3. The van der Waals surface area contributed by atoms with Gasteiger partial charge >= 0.3 is 0 Å². The molecule has 0 amide bonds. The lowest BCUT2D eigenvalue weighted by molar-refractivity contribution is 0.0752. The summed E-state index contributed by atoms with van der Waals surface area (Å²) in [5.74, 6) is 0. The Kier molecular flexibility index (Phi) is 5.22. The van der Waals surface area contributed by atoms with E-state index >= 15 is 0 Å². The lowest BCUT2D eigenvalue weighted by atomic mass is 10.0. The van der Waals surface area contributed by atoms with E-state index in [1.54, 1.807) is 0 Å². The van der Waals surface area contributed by atoms with Gasteiger partial charge in [-0.3, -0.25) is 4.90 Å². The van der Waals surface area contributed by atoms with Crippen LogP contribution in [0.2, 0.25) is 0 Å². The molecule has 0 spiro atoms. The van der Waals surface area contributed by atoms with Crippen molar-refractivity contribution in [2.24, 2.45) is 0 Å². The molecule has 1 rings (SSSR count). The second-order valence-electron chi connectivity index (χ2n) is 5.69. The predicted molar refractivity (Wildman–Crippen MR) is 70.9 cm³/mol. The number of piperazine rings is 1. The van der Waals surface area contributed by atoms with Gasteiger partial charge < -0.3 is 10.2 Å². The van der Waals surface area contributed by atoms with E-state index < -0.39 is 0 Å². The first-order chi connectivity index (χ1) is 7.48. The van der Waals surface area contributed by atoms with Gasteiger partial charge in [0, 0.05) is 37.8 Å². The van der Waals surface area contributed by atoms with Crippen LogP contribution in [0.4, 0.5) is 0 Å². The summed E-state index contributed by atoms with van der Waals surface area (Å²) in [4.78, 5) is 5.10. The lowest BCUT2D eigenvalue weighted by Gasteiger charge is -2.42. The van der Waals surface area contributed by atoms with Crippen LogP contribution in [0.1, 0.15) is 34.1 Å². The molecule has 1 N–H and O–H groups in total. The summed E-state index contributed by atoms with van der Waals surface area (Å²) in [5.41, 5.74) is 0.239. The van der Waals surface area contributed by atoms with Gasteiger partial charge in [-0.05, 0) is 33.9 Å². The molecular formula is C13H29N3. The van der Waals surface area contributed by atoms with Crippen molar-refractivity contribution < 1.29 is 0 Å². The zero-order chi connectivity index (χ0) is 12.2. The minimum atomic E-state index is 0.239. The van der Waals surface area contributed by atoms with Gasteiger partial charge in [0.1, 0.15) is 0 Å². The van der Waals surface area contributed by atoms with Crippen LogP contribution < -0.4 is 5.32 Å². The Bertz CT molecular complexity index is 203. The van der Waals surface area contributed by atoms with Crippen LogP contribution in [0.5, 0.6) is 0 Å². The van der Waals surface area contributed by atoms with Gasteiger partial charge in [0.15, 0.2) is 0 Å². The van der Waals surface area contributed by atoms with Crippen molar-refractivity contribution >= 4 is 0 Å². The van der Waals surface area contributed by atoms with Gasteiger partial charge in [0.25, 0.3) is 0 Å². The Morgan fingerprint density at radius 2 is 1.94 bits per heavy atom. The van der Waals surface area contributed by atoms with Crippen molar-refractivity contribution in [3.05, 3.63) is 0 Å². The van der Waals surface area contributed by atoms with E-state index in [4.69, 9.17) is 0 Å². The molecule has 96 valence electrons. The van der Waals surface area contributed by atoms with Gasteiger partial charge in [-0.2, -0.15) is 0 Å². The molecule has 1 aliphatic rings. The van der Waals surface area contributed by atoms with E-state index in [2.05, 4.69) is 49.9 Å². The predicted octanol–water partition coefficient (Wildman–Crippen LogP) is 1.40. The molecule has 1 heterocycles. The topological polar surface area (TPSA) is 18.5 Å². The highest BCUT2D eigenvalue weighted by Gasteiger charge is 2.27. The molecule has 0 radical (unpaired) electrons. The molecule has 3 nitrogen and oxygen atoms in total. The molecule has 1 unspecified atom stereocenters. The molecule has 0 aromatic heterocycles. The van der Waals surface area contributed by atoms with Gasteiger partial charge in [-0.15, -0.1) is 0 Å². The van der Waals surface area contributed by atoms with E-state index in [0.717, 1.165) is 19.1 Å². The van der Waals surface area contributed by atoms with Crippen molar-refractivity contribution in [2.75, 3.05) is 39.8 Å². The summed E-state index contributed by atoms with van der Waals surface area (Å²) in [5, 5.41) is 3.56. The van der Waals surface area contributed by atoms with Gasteiger partial charge in [0.2, 0.25) is 0 Å². The largest absolute Gasteiger partial charge is 0.311 e. The fraction of sp³-hybridized carbons (Fsp3) is 1.00. The maximum atomic E-state index is 3.56. The van der Waals surface area contributed by atoms with Crippen LogP contribution in [0.3, 0.4) is 0 Å². The monoisotopic (exact) mass is 227 g/mol. The van der Waals surface area contributed by atoms with Crippen molar-refractivity contribution in [1.82, 2.24) is 15.1 Å². The molecule has 1 aliphatic heterocycles. The van der Waals surface area contributed by atoms with E-state index in [9.17, 15) is 0 Å². The first-order valence-corrected chi connectivity index (χ1v) is 6.66. The summed E-state index contributed by atoms with van der Waals surface area (Å²) in [6.07, 6.45) is 1.26. The Morgan fingerprint density at radius 3 is 2.50 bits per heavy atom. The summed E-state index contributed by atoms with van der Waals surface area (Å²) >= 11 is 0. The highest BCUT2D eigenvalue weighted by Crippen LogP contribution is 2.13. The third kappa shape index (κ3) is 4.04. The quantitative estimate of drug-likeness (QED) is 0.766. The highest BCUT2D eigenvalue weighted by atomic mass is 15.3. The van der Waals surface area contributed by atoms with Crippen LogP contribution in [-0.4, -0.2) is 61.2 Å². The van der Waals surface area contributed by atoms with Crippen molar-refractivity contribution in [3.63, 3.8) is 0 Å². The lowest BCUT2D eigenvalue weighted by Crippen LogP contribution is -2.57. The van der Waals surface area contributed by atoms with Crippen LogP contribution in [0.25, 0.3) is 0 Å². The molecule has 1 saturated heterocycles. The Hall–Kier alpha value is -0.120. The molecule has 3 heteroatoms. The number of likely N-dealkylation sites (N-methyl/N-ethyl adjacent to an activating group) is 2. The molecular weight excluding hydrogens is 198 g/mol. The summed E-state index contributed by atoms with van der Waals surface area (Å²) in [7, 11) is 2.25. The third-order valence-electron chi connectivity index (χ3n) is 3.61. The number of nitrogens with one attached hydrogen (secondary N) is 1. The fourth-order valence-electron chi connectivity index (χ4n) is 2.69. The molecule has 0 bridgehead atoms. The molecule has 0 aliphatic carbocycles. The minimum absolute atomic E-state index is 0.239.